The highest BCUT2D eigenvalue weighted by molar-refractivity contribution is 5.77. The van der Waals surface area contributed by atoms with Gasteiger partial charge >= 0.3 is 0 Å². The van der Waals surface area contributed by atoms with Crippen molar-refractivity contribution in [1.82, 2.24) is 25.1 Å². The summed E-state index contributed by atoms with van der Waals surface area (Å²) >= 11 is 0. The van der Waals surface area contributed by atoms with Crippen LogP contribution in [0.2, 0.25) is 0 Å². The Bertz CT molecular complexity index is 621. The third-order valence-corrected chi connectivity index (χ3v) is 3.98. The molecule has 0 aliphatic carbocycles. The Morgan fingerprint density at radius 3 is 2.86 bits per heavy atom. The van der Waals surface area contributed by atoms with Gasteiger partial charge in [-0.3, -0.25) is 14.9 Å². The number of aromatic nitrogens is 4. The average Bonchev–Trinajstić information content (AvgIpc) is 3.10. The first-order chi connectivity index (χ1) is 10.8. The number of piperidine rings is 1. The van der Waals surface area contributed by atoms with Gasteiger partial charge in [0.25, 0.3) is 0 Å². The molecule has 0 aromatic carbocycles. The van der Waals surface area contributed by atoms with E-state index in [9.17, 15) is 4.79 Å². The molecule has 0 saturated carbocycles. The monoisotopic (exact) mass is 301 g/mol. The maximum atomic E-state index is 11.8. The lowest BCUT2D eigenvalue weighted by Crippen LogP contribution is -2.39. The molecule has 0 atom stereocenters. The van der Waals surface area contributed by atoms with Gasteiger partial charge in [0.05, 0.1) is 23.8 Å². The Balaban J connectivity index is 1.66. The first-order valence-electron chi connectivity index (χ1n) is 7.35. The molecule has 2 aromatic rings. The number of nitrogens with zero attached hydrogens (tertiary/aromatic N) is 4. The number of hydrogen-bond acceptors (Lipinski definition) is 5. The van der Waals surface area contributed by atoms with Gasteiger partial charge in [0.2, 0.25) is 5.91 Å². The number of carbonyl (C=O) groups excluding carboxylic acids is 1. The van der Waals surface area contributed by atoms with E-state index in [1.54, 1.807) is 25.7 Å². The van der Waals surface area contributed by atoms with Crippen molar-refractivity contribution in [2.45, 2.75) is 18.8 Å². The Morgan fingerprint density at radius 2 is 2.18 bits per heavy atom. The molecule has 7 nitrogen and oxygen atoms in total. The van der Waals surface area contributed by atoms with Crippen LogP contribution in [0.15, 0.2) is 24.8 Å². The molecule has 0 spiro atoms. The molecule has 22 heavy (non-hydrogen) atoms. The molecule has 3 rings (SSSR count). The predicted octanol–water partition coefficient (Wildman–Crippen LogP) is 1.22. The van der Waals surface area contributed by atoms with Gasteiger partial charge in [0.1, 0.15) is 6.61 Å². The van der Waals surface area contributed by atoms with Gasteiger partial charge in [-0.25, -0.2) is 4.98 Å². The van der Waals surface area contributed by atoms with Crippen LogP contribution < -0.4 is 0 Å². The van der Waals surface area contributed by atoms with Crippen LogP contribution in [0.25, 0.3) is 11.3 Å². The van der Waals surface area contributed by atoms with Crippen LogP contribution >= 0.6 is 0 Å². The molecule has 2 aromatic heterocycles. The van der Waals surface area contributed by atoms with E-state index < -0.39 is 0 Å². The normalized spacial score (nSPS) is 16.0. The molecule has 3 heterocycles. The first-order valence-corrected chi connectivity index (χ1v) is 7.35. The van der Waals surface area contributed by atoms with Gasteiger partial charge in [-0.2, -0.15) is 5.10 Å². The van der Waals surface area contributed by atoms with E-state index in [0.717, 1.165) is 42.9 Å². The minimum absolute atomic E-state index is 0.0548. The van der Waals surface area contributed by atoms with Gasteiger partial charge in [-0.05, 0) is 12.8 Å². The zero-order valence-electron chi connectivity index (χ0n) is 12.5. The van der Waals surface area contributed by atoms with Gasteiger partial charge in [0, 0.05) is 44.1 Å². The van der Waals surface area contributed by atoms with Crippen molar-refractivity contribution in [1.29, 1.82) is 0 Å². The molecule has 1 fully saturated rings. The molecular formula is C15H19N5O2. The van der Waals surface area contributed by atoms with Crippen LogP contribution in [-0.4, -0.2) is 57.8 Å². The Kier molecular flexibility index (Phi) is 4.43. The second-order valence-corrected chi connectivity index (χ2v) is 5.40. The molecule has 0 unspecified atom stereocenters. The quantitative estimate of drug-likeness (QED) is 0.918. The summed E-state index contributed by atoms with van der Waals surface area (Å²) in [6.45, 7) is 1.63. The number of nitrogens with one attached hydrogen (secondary N) is 1. The second-order valence-electron chi connectivity index (χ2n) is 5.40. The van der Waals surface area contributed by atoms with Crippen molar-refractivity contribution in [3.05, 3.63) is 30.5 Å². The fraction of sp³-hybridized carbons (Fsp3) is 0.467. The van der Waals surface area contributed by atoms with Gasteiger partial charge < -0.3 is 9.64 Å². The average molecular weight is 301 g/mol. The summed E-state index contributed by atoms with van der Waals surface area (Å²) in [7, 11) is 1.54. The molecular weight excluding hydrogens is 282 g/mol. The van der Waals surface area contributed by atoms with E-state index in [0.29, 0.717) is 5.92 Å². The largest absolute Gasteiger partial charge is 0.375 e. The fourth-order valence-corrected chi connectivity index (χ4v) is 2.75. The van der Waals surface area contributed by atoms with Gasteiger partial charge in [-0.1, -0.05) is 0 Å². The van der Waals surface area contributed by atoms with Crippen molar-refractivity contribution in [3.63, 3.8) is 0 Å². The number of carbonyl (C=O) groups is 1. The predicted molar refractivity (Wildman–Crippen MR) is 80.0 cm³/mol. The summed E-state index contributed by atoms with van der Waals surface area (Å²) < 4.78 is 4.90. The third kappa shape index (κ3) is 3.14. The standard InChI is InChI=1S/C15H19N5O2/c1-22-10-15(21)20-4-2-11(3-5-20)13-8-16-9-14(19-13)12-6-17-18-7-12/h6-9,11H,2-5,10H2,1H3,(H,17,18). The molecule has 0 radical (unpaired) electrons. The molecule has 1 N–H and O–H groups in total. The molecule has 7 heteroatoms. The topological polar surface area (TPSA) is 84.0 Å². The molecule has 0 bridgehead atoms. The summed E-state index contributed by atoms with van der Waals surface area (Å²) in [5.41, 5.74) is 2.74. The number of methoxy groups -OCH3 is 1. The second kappa shape index (κ2) is 6.65. The summed E-state index contributed by atoms with van der Waals surface area (Å²) in [6, 6.07) is 0. The number of ether oxygens (including phenoxy) is 1. The van der Waals surface area contributed by atoms with E-state index in [1.807, 2.05) is 11.1 Å². The van der Waals surface area contributed by atoms with E-state index in [2.05, 4.69) is 15.2 Å². The molecule has 1 aliphatic rings. The number of likely N-dealkylation sites (tertiary alicyclic amines) is 1. The third-order valence-electron chi connectivity index (χ3n) is 3.98. The van der Waals surface area contributed by atoms with Crippen LogP contribution in [0.3, 0.4) is 0 Å². The fourth-order valence-electron chi connectivity index (χ4n) is 2.75. The van der Waals surface area contributed by atoms with Crippen LogP contribution in [-0.2, 0) is 9.53 Å². The molecule has 1 saturated heterocycles. The van der Waals surface area contributed by atoms with E-state index >= 15 is 0 Å². The zero-order valence-corrected chi connectivity index (χ0v) is 12.5. The lowest BCUT2D eigenvalue weighted by Gasteiger charge is -2.31. The smallest absolute Gasteiger partial charge is 0.248 e. The summed E-state index contributed by atoms with van der Waals surface area (Å²) in [6.07, 6.45) is 8.91. The molecule has 1 aliphatic heterocycles. The first kappa shape index (κ1) is 14.6. The maximum absolute atomic E-state index is 11.8. The van der Waals surface area contributed by atoms with Crippen LogP contribution in [0, 0.1) is 0 Å². The summed E-state index contributed by atoms with van der Waals surface area (Å²) in [4.78, 5) is 22.7. The number of rotatable bonds is 4. The van der Waals surface area contributed by atoms with E-state index in [-0.39, 0.29) is 12.5 Å². The number of aromatic amines is 1. The number of amides is 1. The molecule has 116 valence electrons. The van der Waals surface area contributed by atoms with Crippen molar-refractivity contribution in [2.24, 2.45) is 0 Å². The highest BCUT2D eigenvalue weighted by Gasteiger charge is 2.24. The summed E-state index contributed by atoms with van der Waals surface area (Å²) in [5, 5.41) is 6.72. The van der Waals surface area contributed by atoms with Crippen molar-refractivity contribution in [2.75, 3.05) is 26.8 Å². The van der Waals surface area contributed by atoms with Crippen LogP contribution in [0.1, 0.15) is 24.5 Å². The lowest BCUT2D eigenvalue weighted by molar-refractivity contribution is -0.136. The van der Waals surface area contributed by atoms with Crippen molar-refractivity contribution in [3.8, 4) is 11.3 Å². The van der Waals surface area contributed by atoms with Crippen LogP contribution in [0.5, 0.6) is 0 Å². The van der Waals surface area contributed by atoms with Gasteiger partial charge in [0.15, 0.2) is 0 Å². The highest BCUT2D eigenvalue weighted by atomic mass is 16.5. The SMILES string of the molecule is COCC(=O)N1CCC(c2cncc(-c3cn[nH]c3)n2)CC1. The summed E-state index contributed by atoms with van der Waals surface area (Å²) in [5.74, 6) is 0.394. The maximum Gasteiger partial charge on any atom is 0.248 e. The minimum atomic E-state index is 0.0548. The van der Waals surface area contributed by atoms with Crippen molar-refractivity contribution < 1.29 is 9.53 Å². The lowest BCUT2D eigenvalue weighted by atomic mass is 9.93. The Morgan fingerprint density at radius 1 is 1.36 bits per heavy atom. The van der Waals surface area contributed by atoms with E-state index in [1.165, 1.54) is 0 Å². The van der Waals surface area contributed by atoms with Crippen molar-refractivity contribution >= 4 is 5.91 Å². The zero-order chi connectivity index (χ0) is 15.4. The Labute approximate surface area is 128 Å². The van der Waals surface area contributed by atoms with E-state index in [4.69, 9.17) is 9.72 Å². The minimum Gasteiger partial charge on any atom is -0.375 e. The Hall–Kier alpha value is -2.28. The van der Waals surface area contributed by atoms with Crippen LogP contribution in [0.4, 0.5) is 0 Å². The highest BCUT2D eigenvalue weighted by Crippen LogP contribution is 2.27. The molecule has 1 amide bonds. The van der Waals surface area contributed by atoms with Gasteiger partial charge in [-0.15, -0.1) is 0 Å². The number of hydrogen-bond donors (Lipinski definition) is 1. The number of H-pyrrole nitrogens is 1.